The Morgan fingerprint density at radius 1 is 1.38 bits per heavy atom. The summed E-state index contributed by atoms with van der Waals surface area (Å²) in [7, 11) is 0. The number of nitrogens with one attached hydrogen (secondary N) is 1. The number of hydrogen-bond donors (Lipinski definition) is 1. The second kappa shape index (κ2) is 6.50. The zero-order valence-electron chi connectivity index (χ0n) is 15.0. The summed E-state index contributed by atoms with van der Waals surface area (Å²) in [5.74, 6) is 1.10. The molecule has 0 radical (unpaired) electrons. The summed E-state index contributed by atoms with van der Waals surface area (Å²) < 4.78 is 11.8. The molecular weight excluding hydrogens is 302 g/mol. The monoisotopic (exact) mass is 329 g/mol. The maximum absolute atomic E-state index is 12.8. The van der Waals surface area contributed by atoms with Crippen molar-refractivity contribution in [2.75, 3.05) is 6.61 Å². The lowest BCUT2D eigenvalue weighted by Gasteiger charge is -2.45. The van der Waals surface area contributed by atoms with Crippen molar-refractivity contribution >= 4 is 5.97 Å². The van der Waals surface area contributed by atoms with Gasteiger partial charge in [-0.1, -0.05) is 44.9 Å². The van der Waals surface area contributed by atoms with Gasteiger partial charge in [0.15, 0.2) is 5.72 Å². The molecule has 0 amide bonds. The van der Waals surface area contributed by atoms with Crippen LogP contribution < -0.4 is 10.1 Å². The van der Waals surface area contributed by atoms with Crippen LogP contribution in [0.3, 0.4) is 0 Å². The third-order valence-electron chi connectivity index (χ3n) is 5.25. The summed E-state index contributed by atoms with van der Waals surface area (Å²) in [6.45, 7) is 8.73. The first-order valence-electron chi connectivity index (χ1n) is 8.91. The highest BCUT2D eigenvalue weighted by Gasteiger charge is 2.45. The van der Waals surface area contributed by atoms with Gasteiger partial charge in [-0.15, -0.1) is 0 Å². The molecule has 24 heavy (non-hydrogen) atoms. The van der Waals surface area contributed by atoms with Gasteiger partial charge in [0.25, 0.3) is 0 Å². The fourth-order valence-corrected chi connectivity index (χ4v) is 3.80. The van der Waals surface area contributed by atoms with Gasteiger partial charge in [0.05, 0.1) is 12.2 Å². The Morgan fingerprint density at radius 3 is 2.79 bits per heavy atom. The molecule has 1 aromatic carbocycles. The molecule has 3 rings (SSSR count). The van der Waals surface area contributed by atoms with Gasteiger partial charge in [0, 0.05) is 23.6 Å². The van der Waals surface area contributed by atoms with Crippen LogP contribution in [0.25, 0.3) is 0 Å². The highest BCUT2D eigenvalue weighted by molar-refractivity contribution is 5.91. The predicted octanol–water partition coefficient (Wildman–Crippen LogP) is 4.13. The molecule has 2 aliphatic heterocycles. The SMILES string of the molecule is CCC(CC)COC(=O)C1=C(C)N[C@]2(C)C[C@H]1c1ccccc1O2. The molecule has 0 saturated carbocycles. The van der Waals surface area contributed by atoms with E-state index in [1.165, 1.54) is 0 Å². The minimum absolute atomic E-state index is 0.0235. The highest BCUT2D eigenvalue weighted by atomic mass is 16.5. The van der Waals surface area contributed by atoms with Gasteiger partial charge in [0.1, 0.15) is 5.75 Å². The van der Waals surface area contributed by atoms with Crippen molar-refractivity contribution < 1.29 is 14.3 Å². The van der Waals surface area contributed by atoms with E-state index in [2.05, 4.69) is 19.2 Å². The zero-order chi connectivity index (χ0) is 17.3. The molecule has 2 aliphatic rings. The molecule has 1 aromatic rings. The van der Waals surface area contributed by atoms with Gasteiger partial charge in [0.2, 0.25) is 0 Å². The number of rotatable bonds is 5. The summed E-state index contributed by atoms with van der Waals surface area (Å²) in [6, 6.07) is 7.97. The maximum Gasteiger partial charge on any atom is 0.336 e. The Kier molecular flexibility index (Phi) is 4.57. The van der Waals surface area contributed by atoms with Gasteiger partial charge in [-0.25, -0.2) is 4.79 Å². The Bertz CT molecular complexity index is 663. The third-order valence-corrected chi connectivity index (χ3v) is 5.25. The van der Waals surface area contributed by atoms with Crippen LogP contribution in [0.2, 0.25) is 0 Å². The van der Waals surface area contributed by atoms with Crippen LogP contribution in [0.15, 0.2) is 35.5 Å². The largest absolute Gasteiger partial charge is 0.468 e. The molecule has 0 unspecified atom stereocenters. The van der Waals surface area contributed by atoms with Crippen LogP contribution in [0.4, 0.5) is 0 Å². The standard InChI is InChI=1S/C20H27NO3/c1-5-14(6-2)12-23-19(22)18-13(3)21-20(4)11-16(18)15-9-7-8-10-17(15)24-20/h7-10,14,16,21H,5-6,11-12H2,1-4H3/t16-,20-/m0/s1. The molecule has 2 atom stereocenters. The minimum Gasteiger partial charge on any atom is -0.468 e. The van der Waals surface area contributed by atoms with E-state index in [9.17, 15) is 4.79 Å². The number of carbonyl (C=O) groups is 1. The van der Waals surface area contributed by atoms with Crippen molar-refractivity contribution in [2.24, 2.45) is 5.92 Å². The summed E-state index contributed by atoms with van der Waals surface area (Å²) >= 11 is 0. The van der Waals surface area contributed by atoms with Crippen molar-refractivity contribution in [1.29, 1.82) is 0 Å². The van der Waals surface area contributed by atoms with Gasteiger partial charge >= 0.3 is 5.97 Å². The van der Waals surface area contributed by atoms with Crippen molar-refractivity contribution in [2.45, 2.75) is 58.6 Å². The second-order valence-electron chi connectivity index (χ2n) is 7.07. The smallest absolute Gasteiger partial charge is 0.336 e. The van der Waals surface area contributed by atoms with Crippen molar-refractivity contribution in [3.63, 3.8) is 0 Å². The van der Waals surface area contributed by atoms with Crippen LogP contribution in [0, 0.1) is 5.92 Å². The van der Waals surface area contributed by atoms with E-state index in [4.69, 9.17) is 9.47 Å². The average Bonchev–Trinajstić information content (AvgIpc) is 2.54. The van der Waals surface area contributed by atoms with E-state index in [0.717, 1.165) is 41.8 Å². The van der Waals surface area contributed by atoms with Gasteiger partial charge in [-0.3, -0.25) is 0 Å². The molecule has 4 nitrogen and oxygen atoms in total. The Balaban J connectivity index is 1.88. The molecule has 0 aliphatic carbocycles. The quantitative estimate of drug-likeness (QED) is 0.825. The van der Waals surface area contributed by atoms with E-state index in [1.807, 2.05) is 38.1 Å². The molecule has 2 heterocycles. The summed E-state index contributed by atoms with van der Waals surface area (Å²) in [4.78, 5) is 12.8. The first-order valence-corrected chi connectivity index (χ1v) is 8.91. The Morgan fingerprint density at radius 2 is 2.08 bits per heavy atom. The molecule has 1 N–H and O–H groups in total. The number of carbonyl (C=O) groups excluding carboxylic acids is 1. The summed E-state index contributed by atoms with van der Waals surface area (Å²) in [6.07, 6.45) is 2.78. The van der Waals surface area contributed by atoms with E-state index in [-0.39, 0.29) is 11.9 Å². The molecule has 130 valence electrons. The Hall–Kier alpha value is -1.97. The number of benzene rings is 1. The average molecular weight is 329 g/mol. The first kappa shape index (κ1) is 16.9. The van der Waals surface area contributed by atoms with Crippen LogP contribution in [0.1, 0.15) is 58.4 Å². The second-order valence-corrected chi connectivity index (χ2v) is 7.07. The number of allylic oxidation sites excluding steroid dienone is 1. The topological polar surface area (TPSA) is 47.6 Å². The maximum atomic E-state index is 12.8. The zero-order valence-corrected chi connectivity index (χ0v) is 15.0. The molecular formula is C20H27NO3. The lowest BCUT2D eigenvalue weighted by Crippen LogP contribution is -2.54. The summed E-state index contributed by atoms with van der Waals surface area (Å²) in [5, 5.41) is 3.37. The minimum atomic E-state index is -0.470. The summed E-state index contributed by atoms with van der Waals surface area (Å²) in [5.41, 5.74) is 2.21. The normalized spacial score (nSPS) is 25.0. The van der Waals surface area contributed by atoms with E-state index >= 15 is 0 Å². The van der Waals surface area contributed by atoms with Crippen molar-refractivity contribution in [1.82, 2.24) is 5.32 Å². The molecule has 2 bridgehead atoms. The molecule has 0 saturated heterocycles. The number of fused-ring (bicyclic) bond motifs is 4. The lowest BCUT2D eigenvalue weighted by atomic mass is 9.78. The van der Waals surface area contributed by atoms with Gasteiger partial charge < -0.3 is 14.8 Å². The van der Waals surface area contributed by atoms with E-state index < -0.39 is 5.72 Å². The van der Waals surface area contributed by atoms with Gasteiger partial charge in [-0.05, 0) is 25.8 Å². The fourth-order valence-electron chi connectivity index (χ4n) is 3.80. The van der Waals surface area contributed by atoms with E-state index in [0.29, 0.717) is 12.5 Å². The third kappa shape index (κ3) is 3.02. The van der Waals surface area contributed by atoms with E-state index in [1.54, 1.807) is 0 Å². The van der Waals surface area contributed by atoms with Crippen LogP contribution in [-0.2, 0) is 9.53 Å². The van der Waals surface area contributed by atoms with Crippen molar-refractivity contribution in [3.05, 3.63) is 41.1 Å². The number of para-hydroxylation sites is 1. The van der Waals surface area contributed by atoms with Crippen LogP contribution in [0.5, 0.6) is 5.75 Å². The van der Waals surface area contributed by atoms with Crippen LogP contribution in [-0.4, -0.2) is 18.3 Å². The molecule has 0 fully saturated rings. The molecule has 0 spiro atoms. The lowest BCUT2D eigenvalue weighted by molar-refractivity contribution is -0.141. The molecule has 0 aromatic heterocycles. The molecule has 4 heteroatoms. The number of ether oxygens (including phenoxy) is 2. The van der Waals surface area contributed by atoms with Crippen molar-refractivity contribution in [3.8, 4) is 5.75 Å². The van der Waals surface area contributed by atoms with Crippen LogP contribution >= 0.6 is 0 Å². The number of esters is 1. The highest BCUT2D eigenvalue weighted by Crippen LogP contribution is 2.47. The Labute approximate surface area is 144 Å². The van der Waals surface area contributed by atoms with Gasteiger partial charge in [-0.2, -0.15) is 0 Å². The fraction of sp³-hybridized carbons (Fsp3) is 0.550. The first-order chi connectivity index (χ1) is 11.5. The predicted molar refractivity (Wildman–Crippen MR) is 93.7 cm³/mol. The number of hydrogen-bond acceptors (Lipinski definition) is 4.